The smallest absolute Gasteiger partial charge is 0.319 e. The van der Waals surface area contributed by atoms with Crippen LogP contribution in [0.25, 0.3) is 5.52 Å². The van der Waals surface area contributed by atoms with Crippen LogP contribution in [0.15, 0.2) is 35.7 Å². The summed E-state index contributed by atoms with van der Waals surface area (Å²) in [5.41, 5.74) is 1.04. The second-order valence-electron chi connectivity index (χ2n) is 4.13. The predicted molar refractivity (Wildman–Crippen MR) is 65.0 cm³/mol. The quantitative estimate of drug-likeness (QED) is 0.764. The Kier molecular flexibility index (Phi) is 2.55. The fourth-order valence-electron chi connectivity index (χ4n) is 1.95. The fourth-order valence-corrected chi connectivity index (χ4v) is 3.12. The maximum atomic E-state index is 11.6. The molecule has 0 aliphatic carbocycles. The first-order valence-electron chi connectivity index (χ1n) is 5.53. The Labute approximate surface area is 103 Å². The molecule has 1 aliphatic rings. The number of hydrogen-bond donors (Lipinski definition) is 0. The van der Waals surface area contributed by atoms with E-state index in [1.54, 1.807) is 0 Å². The highest BCUT2D eigenvalue weighted by atomic mass is 32.2. The second kappa shape index (κ2) is 4.07. The standard InChI is InChI=1S/C12H12N2O2S/c1-8-6-10(11(15)16-8)17-12-13-7-9-4-2-3-5-14(9)12/h2-5,7-8,10H,6H2,1H3. The van der Waals surface area contributed by atoms with Gasteiger partial charge in [0.2, 0.25) is 0 Å². The molecule has 0 saturated carbocycles. The molecule has 17 heavy (non-hydrogen) atoms. The molecule has 0 amide bonds. The Hall–Kier alpha value is -1.49. The second-order valence-corrected chi connectivity index (χ2v) is 5.30. The van der Waals surface area contributed by atoms with Gasteiger partial charge in [0.15, 0.2) is 5.16 Å². The lowest BCUT2D eigenvalue weighted by Crippen LogP contribution is -2.10. The molecule has 2 atom stereocenters. The number of esters is 1. The number of hydrogen-bond acceptors (Lipinski definition) is 4. The molecule has 88 valence electrons. The number of imidazole rings is 1. The summed E-state index contributed by atoms with van der Waals surface area (Å²) in [5.74, 6) is -0.129. The van der Waals surface area contributed by atoms with Crippen LogP contribution in [0.4, 0.5) is 0 Å². The van der Waals surface area contributed by atoms with Crippen LogP contribution in [0.2, 0.25) is 0 Å². The van der Waals surface area contributed by atoms with Gasteiger partial charge >= 0.3 is 5.97 Å². The Morgan fingerprint density at radius 1 is 1.53 bits per heavy atom. The number of thioether (sulfide) groups is 1. The first-order chi connectivity index (χ1) is 8.24. The molecule has 0 aromatic carbocycles. The van der Waals surface area contributed by atoms with E-state index >= 15 is 0 Å². The van der Waals surface area contributed by atoms with Crippen LogP contribution < -0.4 is 0 Å². The van der Waals surface area contributed by atoms with Gasteiger partial charge in [0.25, 0.3) is 0 Å². The Morgan fingerprint density at radius 3 is 3.18 bits per heavy atom. The average molecular weight is 248 g/mol. The first kappa shape index (κ1) is 10.7. The zero-order valence-electron chi connectivity index (χ0n) is 9.37. The minimum absolute atomic E-state index is 0.0197. The number of carbonyl (C=O) groups excluding carboxylic acids is 1. The van der Waals surface area contributed by atoms with Gasteiger partial charge in [-0.25, -0.2) is 4.98 Å². The number of carbonyl (C=O) groups is 1. The summed E-state index contributed by atoms with van der Waals surface area (Å²) in [6, 6.07) is 5.92. The fraction of sp³-hybridized carbons (Fsp3) is 0.333. The highest BCUT2D eigenvalue weighted by Gasteiger charge is 2.33. The number of rotatable bonds is 2. The van der Waals surface area contributed by atoms with Crippen molar-refractivity contribution in [2.24, 2.45) is 0 Å². The SMILES string of the molecule is CC1CC(Sc2ncc3ccccn23)C(=O)O1. The Bertz CT molecular complexity index is 566. The van der Waals surface area contributed by atoms with Crippen LogP contribution in [0.5, 0.6) is 0 Å². The molecule has 1 fully saturated rings. The molecule has 2 aromatic rings. The van der Waals surface area contributed by atoms with E-state index in [0.717, 1.165) is 17.1 Å². The van der Waals surface area contributed by atoms with Gasteiger partial charge in [-0.15, -0.1) is 0 Å². The third-order valence-electron chi connectivity index (χ3n) is 2.78. The van der Waals surface area contributed by atoms with Gasteiger partial charge in [-0.1, -0.05) is 17.8 Å². The van der Waals surface area contributed by atoms with Gasteiger partial charge in [0, 0.05) is 12.6 Å². The summed E-state index contributed by atoms with van der Waals surface area (Å²) < 4.78 is 7.12. The summed E-state index contributed by atoms with van der Waals surface area (Å²) in [7, 11) is 0. The molecule has 0 N–H and O–H groups in total. The van der Waals surface area contributed by atoms with E-state index < -0.39 is 0 Å². The van der Waals surface area contributed by atoms with Crippen molar-refractivity contribution < 1.29 is 9.53 Å². The molecule has 4 nitrogen and oxygen atoms in total. The van der Waals surface area contributed by atoms with Crippen molar-refractivity contribution in [3.05, 3.63) is 30.6 Å². The predicted octanol–water partition coefficient (Wildman–Crippen LogP) is 2.13. The average Bonchev–Trinajstić information content (AvgIpc) is 2.85. The van der Waals surface area contributed by atoms with Crippen LogP contribution in [-0.2, 0) is 9.53 Å². The maximum Gasteiger partial charge on any atom is 0.319 e. The molecule has 1 saturated heterocycles. The molecular formula is C12H12N2O2S. The van der Waals surface area contributed by atoms with Crippen LogP contribution >= 0.6 is 11.8 Å². The van der Waals surface area contributed by atoms with Gasteiger partial charge in [-0.05, 0) is 19.1 Å². The van der Waals surface area contributed by atoms with Crippen LogP contribution in [0, 0.1) is 0 Å². The number of cyclic esters (lactones) is 1. The first-order valence-corrected chi connectivity index (χ1v) is 6.41. The normalized spacial score (nSPS) is 24.2. The van der Waals surface area contributed by atoms with Crippen LogP contribution in [0.3, 0.4) is 0 Å². The van der Waals surface area contributed by atoms with Gasteiger partial charge < -0.3 is 4.74 Å². The Balaban J connectivity index is 1.88. The molecule has 5 heteroatoms. The summed E-state index contributed by atoms with van der Waals surface area (Å²) in [5, 5.41) is 0.715. The number of fused-ring (bicyclic) bond motifs is 1. The molecule has 0 radical (unpaired) electrons. The van der Waals surface area contributed by atoms with Crippen molar-refractivity contribution in [3.8, 4) is 0 Å². The molecular weight excluding hydrogens is 236 g/mol. The molecule has 3 heterocycles. The van der Waals surface area contributed by atoms with Gasteiger partial charge in [-0.2, -0.15) is 0 Å². The van der Waals surface area contributed by atoms with E-state index in [-0.39, 0.29) is 17.3 Å². The van der Waals surface area contributed by atoms with E-state index in [9.17, 15) is 4.79 Å². The van der Waals surface area contributed by atoms with Gasteiger partial charge in [0.1, 0.15) is 11.4 Å². The van der Waals surface area contributed by atoms with Crippen molar-refractivity contribution in [1.29, 1.82) is 0 Å². The third-order valence-corrected chi connectivity index (χ3v) is 3.96. The van der Waals surface area contributed by atoms with Crippen molar-refractivity contribution in [2.75, 3.05) is 0 Å². The summed E-state index contributed by atoms with van der Waals surface area (Å²) in [6.45, 7) is 1.92. The topological polar surface area (TPSA) is 43.6 Å². The lowest BCUT2D eigenvalue weighted by molar-refractivity contribution is -0.140. The largest absolute Gasteiger partial charge is 0.462 e. The van der Waals surface area contributed by atoms with Crippen molar-refractivity contribution >= 4 is 23.2 Å². The van der Waals surface area contributed by atoms with E-state index in [0.29, 0.717) is 0 Å². The maximum absolute atomic E-state index is 11.6. The number of ether oxygens (including phenoxy) is 1. The number of pyridine rings is 1. The van der Waals surface area contributed by atoms with Crippen LogP contribution in [0.1, 0.15) is 13.3 Å². The summed E-state index contributed by atoms with van der Waals surface area (Å²) in [6.07, 6.45) is 4.54. The van der Waals surface area contributed by atoms with E-state index in [4.69, 9.17) is 4.74 Å². The van der Waals surface area contributed by atoms with Gasteiger partial charge in [-0.3, -0.25) is 9.20 Å². The van der Waals surface area contributed by atoms with Crippen LogP contribution in [-0.4, -0.2) is 26.7 Å². The van der Waals surface area contributed by atoms with Gasteiger partial charge in [0.05, 0.1) is 11.7 Å². The molecule has 0 spiro atoms. The minimum Gasteiger partial charge on any atom is -0.462 e. The monoisotopic (exact) mass is 248 g/mol. The third kappa shape index (κ3) is 1.91. The Morgan fingerprint density at radius 2 is 2.41 bits per heavy atom. The zero-order chi connectivity index (χ0) is 11.8. The molecule has 3 rings (SSSR count). The summed E-state index contributed by atoms with van der Waals surface area (Å²) in [4.78, 5) is 15.9. The summed E-state index contributed by atoms with van der Waals surface area (Å²) >= 11 is 1.48. The highest BCUT2D eigenvalue weighted by Crippen LogP contribution is 2.31. The lowest BCUT2D eigenvalue weighted by Gasteiger charge is -2.03. The molecule has 2 unspecified atom stereocenters. The van der Waals surface area contributed by atoms with Crippen molar-refractivity contribution in [3.63, 3.8) is 0 Å². The van der Waals surface area contributed by atoms with E-state index in [1.165, 1.54) is 11.8 Å². The number of aromatic nitrogens is 2. The van der Waals surface area contributed by atoms with E-state index in [2.05, 4.69) is 4.98 Å². The lowest BCUT2D eigenvalue weighted by atomic mass is 10.3. The molecule has 0 bridgehead atoms. The van der Waals surface area contributed by atoms with E-state index in [1.807, 2.05) is 41.9 Å². The zero-order valence-corrected chi connectivity index (χ0v) is 10.2. The molecule has 2 aromatic heterocycles. The van der Waals surface area contributed by atoms with Crippen molar-refractivity contribution in [2.45, 2.75) is 29.9 Å². The highest BCUT2D eigenvalue weighted by molar-refractivity contribution is 8.00. The molecule has 1 aliphatic heterocycles. The van der Waals surface area contributed by atoms with Crippen molar-refractivity contribution in [1.82, 2.24) is 9.38 Å². The number of nitrogens with zero attached hydrogens (tertiary/aromatic N) is 2. The minimum atomic E-state index is -0.129.